The van der Waals surface area contributed by atoms with Crippen molar-refractivity contribution in [2.75, 3.05) is 14.2 Å². The van der Waals surface area contributed by atoms with Crippen LogP contribution in [0.3, 0.4) is 0 Å². The van der Waals surface area contributed by atoms with Gasteiger partial charge in [0, 0.05) is 22.5 Å². The highest BCUT2D eigenvalue weighted by molar-refractivity contribution is 6.01. The third kappa shape index (κ3) is 4.99. The highest BCUT2D eigenvalue weighted by atomic mass is 16.6. The molecule has 0 bridgehead atoms. The Morgan fingerprint density at radius 1 is 0.824 bits per heavy atom. The van der Waals surface area contributed by atoms with E-state index in [2.05, 4.69) is 72.1 Å². The molecule has 1 aromatic heterocycles. The predicted octanol–water partition coefficient (Wildman–Crippen LogP) is 6.72. The van der Waals surface area contributed by atoms with Gasteiger partial charge in [-0.05, 0) is 68.8 Å². The first-order valence-electron chi connectivity index (χ1n) is 11.2. The Bertz CT molecular complexity index is 1290. The Labute approximate surface area is 201 Å². The number of hydrogen-bond donors (Lipinski definition) is 0. The zero-order valence-corrected chi connectivity index (χ0v) is 20.3. The summed E-state index contributed by atoms with van der Waals surface area (Å²) in [5.74, 6) is 1.63. The maximum atomic E-state index is 5.70. The fourth-order valence-electron chi connectivity index (χ4n) is 3.97. The van der Waals surface area contributed by atoms with Crippen molar-refractivity contribution in [1.29, 1.82) is 0 Å². The molecule has 1 heterocycles. The third-order valence-corrected chi connectivity index (χ3v) is 5.89. The first-order chi connectivity index (χ1) is 16.5. The summed E-state index contributed by atoms with van der Waals surface area (Å²) in [5, 5.41) is 4.43. The molecule has 0 saturated heterocycles. The largest absolute Gasteiger partial charge is 0.497 e. The normalized spacial score (nSPS) is 11.4. The van der Waals surface area contributed by atoms with Gasteiger partial charge in [0.15, 0.2) is 0 Å². The number of ether oxygens (including phenoxy) is 2. The van der Waals surface area contributed by atoms with Gasteiger partial charge >= 0.3 is 0 Å². The van der Waals surface area contributed by atoms with Crippen LogP contribution in [0.5, 0.6) is 11.5 Å². The van der Waals surface area contributed by atoms with E-state index in [0.29, 0.717) is 6.61 Å². The highest BCUT2D eigenvalue weighted by Gasteiger charge is 2.17. The van der Waals surface area contributed by atoms with E-state index < -0.39 is 0 Å². The van der Waals surface area contributed by atoms with E-state index in [1.807, 2.05) is 37.3 Å². The van der Waals surface area contributed by atoms with Crippen molar-refractivity contribution in [2.24, 2.45) is 5.16 Å². The van der Waals surface area contributed by atoms with E-state index >= 15 is 0 Å². The van der Waals surface area contributed by atoms with Gasteiger partial charge in [0.25, 0.3) is 0 Å². The summed E-state index contributed by atoms with van der Waals surface area (Å²) in [6.07, 6.45) is 0. The minimum atomic E-state index is 0.429. The summed E-state index contributed by atoms with van der Waals surface area (Å²) in [4.78, 5) is 5.70. The van der Waals surface area contributed by atoms with Crippen LogP contribution in [0.1, 0.15) is 29.3 Å². The number of rotatable bonds is 8. The van der Waals surface area contributed by atoms with Gasteiger partial charge in [0.1, 0.15) is 18.1 Å². The second-order valence-electron chi connectivity index (χ2n) is 8.23. The fourth-order valence-corrected chi connectivity index (χ4v) is 3.97. The van der Waals surface area contributed by atoms with Gasteiger partial charge in [0.2, 0.25) is 0 Å². The molecule has 174 valence electrons. The molecule has 3 aromatic carbocycles. The lowest BCUT2D eigenvalue weighted by Crippen LogP contribution is -2.03. The van der Waals surface area contributed by atoms with E-state index in [4.69, 9.17) is 14.3 Å². The number of hydrogen-bond acceptors (Lipinski definition) is 4. The van der Waals surface area contributed by atoms with Crippen LogP contribution in [0, 0.1) is 13.8 Å². The molecular formula is C29H30N2O3. The zero-order valence-electron chi connectivity index (χ0n) is 20.3. The molecular weight excluding hydrogens is 424 g/mol. The SMILES string of the molecule is COc1ccc(-n2c(-c3cccc(OC)c3)cc(/C(C)=N\OCc3ccc(C)cc3)c2C)cc1. The summed E-state index contributed by atoms with van der Waals surface area (Å²) < 4.78 is 13.0. The summed E-state index contributed by atoms with van der Waals surface area (Å²) in [6, 6.07) is 26.6. The molecule has 0 aliphatic heterocycles. The van der Waals surface area contributed by atoms with E-state index in [0.717, 1.165) is 51.0 Å². The Morgan fingerprint density at radius 3 is 2.21 bits per heavy atom. The molecule has 0 aliphatic carbocycles. The molecule has 0 aliphatic rings. The second kappa shape index (κ2) is 10.3. The summed E-state index contributed by atoms with van der Waals surface area (Å²) in [7, 11) is 3.35. The molecule has 4 rings (SSSR count). The van der Waals surface area contributed by atoms with Crippen molar-refractivity contribution < 1.29 is 14.3 Å². The molecule has 34 heavy (non-hydrogen) atoms. The van der Waals surface area contributed by atoms with Gasteiger partial charge in [-0.3, -0.25) is 0 Å². The Kier molecular flexibility index (Phi) is 7.02. The van der Waals surface area contributed by atoms with Gasteiger partial charge in [0.05, 0.1) is 25.6 Å². The number of benzene rings is 3. The van der Waals surface area contributed by atoms with Crippen molar-refractivity contribution in [3.05, 3.63) is 101 Å². The topological polar surface area (TPSA) is 45.0 Å². The zero-order chi connectivity index (χ0) is 24.1. The lowest BCUT2D eigenvalue weighted by molar-refractivity contribution is 0.130. The molecule has 0 fully saturated rings. The number of methoxy groups -OCH3 is 2. The lowest BCUT2D eigenvalue weighted by Gasteiger charge is -2.13. The van der Waals surface area contributed by atoms with E-state index in [1.165, 1.54) is 5.56 Å². The molecule has 0 spiro atoms. The van der Waals surface area contributed by atoms with Crippen molar-refractivity contribution in [1.82, 2.24) is 4.57 Å². The Morgan fingerprint density at radius 2 is 1.53 bits per heavy atom. The number of oxime groups is 1. The first-order valence-corrected chi connectivity index (χ1v) is 11.2. The minimum Gasteiger partial charge on any atom is -0.497 e. The number of nitrogens with zero attached hydrogens (tertiary/aromatic N) is 2. The van der Waals surface area contributed by atoms with Crippen LogP contribution < -0.4 is 9.47 Å². The van der Waals surface area contributed by atoms with Crippen molar-refractivity contribution >= 4 is 5.71 Å². The van der Waals surface area contributed by atoms with Crippen molar-refractivity contribution in [2.45, 2.75) is 27.4 Å². The lowest BCUT2D eigenvalue weighted by atomic mass is 10.1. The molecule has 0 radical (unpaired) electrons. The molecule has 0 amide bonds. The van der Waals surface area contributed by atoms with Crippen LogP contribution in [0.4, 0.5) is 0 Å². The van der Waals surface area contributed by atoms with Crippen LogP contribution in [-0.2, 0) is 11.4 Å². The number of aryl methyl sites for hydroxylation is 1. The monoisotopic (exact) mass is 454 g/mol. The Balaban J connectivity index is 1.72. The average molecular weight is 455 g/mol. The van der Waals surface area contributed by atoms with Gasteiger partial charge in [-0.15, -0.1) is 0 Å². The van der Waals surface area contributed by atoms with E-state index in [-0.39, 0.29) is 0 Å². The average Bonchev–Trinajstić information content (AvgIpc) is 3.22. The van der Waals surface area contributed by atoms with Gasteiger partial charge < -0.3 is 18.9 Å². The van der Waals surface area contributed by atoms with Gasteiger partial charge in [-0.1, -0.05) is 47.1 Å². The standard InChI is InChI=1S/C29H30N2O3/c1-20-9-11-23(12-10-20)19-34-30-21(2)28-18-29(24-7-6-8-27(17-24)33-5)31(22(28)3)25-13-15-26(32-4)16-14-25/h6-18H,19H2,1-5H3/b30-21-. The maximum absolute atomic E-state index is 5.70. The van der Waals surface area contributed by atoms with Crippen LogP contribution in [-0.4, -0.2) is 24.5 Å². The smallest absolute Gasteiger partial charge is 0.142 e. The van der Waals surface area contributed by atoms with E-state index in [9.17, 15) is 0 Å². The second-order valence-corrected chi connectivity index (χ2v) is 8.23. The fraction of sp³-hybridized carbons (Fsp3) is 0.207. The maximum Gasteiger partial charge on any atom is 0.142 e. The molecule has 0 atom stereocenters. The van der Waals surface area contributed by atoms with Crippen LogP contribution in [0.2, 0.25) is 0 Å². The molecule has 0 unspecified atom stereocenters. The first kappa shape index (κ1) is 23.2. The minimum absolute atomic E-state index is 0.429. The summed E-state index contributed by atoms with van der Waals surface area (Å²) in [6.45, 7) is 6.58. The highest BCUT2D eigenvalue weighted by Crippen LogP contribution is 2.32. The molecule has 0 saturated carbocycles. The molecule has 4 aromatic rings. The summed E-state index contributed by atoms with van der Waals surface area (Å²) in [5.41, 5.74) is 8.37. The van der Waals surface area contributed by atoms with Crippen molar-refractivity contribution in [3.8, 4) is 28.4 Å². The molecule has 0 N–H and O–H groups in total. The van der Waals surface area contributed by atoms with Crippen LogP contribution in [0.25, 0.3) is 16.9 Å². The van der Waals surface area contributed by atoms with Gasteiger partial charge in [-0.25, -0.2) is 0 Å². The number of aromatic nitrogens is 1. The molecule has 5 heteroatoms. The van der Waals surface area contributed by atoms with Gasteiger partial charge in [-0.2, -0.15) is 0 Å². The van der Waals surface area contributed by atoms with E-state index in [1.54, 1.807) is 14.2 Å². The summed E-state index contributed by atoms with van der Waals surface area (Å²) >= 11 is 0. The quantitative estimate of drug-likeness (QED) is 0.219. The van der Waals surface area contributed by atoms with Crippen LogP contribution >= 0.6 is 0 Å². The Hall–Kier alpha value is -3.99. The molecule has 5 nitrogen and oxygen atoms in total. The van der Waals surface area contributed by atoms with Crippen molar-refractivity contribution in [3.63, 3.8) is 0 Å². The predicted molar refractivity (Wildman–Crippen MR) is 137 cm³/mol. The third-order valence-electron chi connectivity index (χ3n) is 5.89. The van der Waals surface area contributed by atoms with Crippen LogP contribution in [0.15, 0.2) is 84.0 Å².